The van der Waals surface area contributed by atoms with Crippen molar-refractivity contribution in [1.82, 2.24) is 10.6 Å². The van der Waals surface area contributed by atoms with Crippen LogP contribution in [0.25, 0.3) is 0 Å². The molecule has 8 heteroatoms. The molecule has 134 valence electrons. The number of ether oxygens (including phenoxy) is 1. The number of hydrogen-bond donors (Lipinski definition) is 3. The Bertz CT molecular complexity index is 549. The van der Waals surface area contributed by atoms with E-state index in [9.17, 15) is 18.0 Å². The second-order valence-corrected chi connectivity index (χ2v) is 5.82. The minimum atomic E-state index is -3.07. The van der Waals surface area contributed by atoms with Gasteiger partial charge in [0, 0.05) is 18.2 Å². The Morgan fingerprint density at radius 1 is 1.29 bits per heavy atom. The average Bonchev–Trinajstić information content (AvgIpc) is 2.54. The van der Waals surface area contributed by atoms with Gasteiger partial charge < -0.3 is 20.5 Å². The van der Waals surface area contributed by atoms with E-state index in [4.69, 9.17) is 5.11 Å². The standard InChI is InChI=1S/C16H21F3N2O3/c17-13-2-1-3-14(24-15(18)19)12(13)8-20-16(23)21-11-6-4-10(9-22)5-7-11/h1-3,10-11,15,22H,4-9H2,(H2,20,21,23). The summed E-state index contributed by atoms with van der Waals surface area (Å²) in [6.07, 6.45) is 3.19. The zero-order valence-electron chi connectivity index (χ0n) is 13.1. The maximum Gasteiger partial charge on any atom is 0.387 e. The molecule has 5 nitrogen and oxygen atoms in total. The van der Waals surface area contributed by atoms with Gasteiger partial charge in [0.2, 0.25) is 0 Å². The third kappa shape index (κ3) is 5.30. The van der Waals surface area contributed by atoms with E-state index < -0.39 is 18.5 Å². The Labute approximate surface area is 138 Å². The van der Waals surface area contributed by atoms with Crippen LogP contribution in [0.1, 0.15) is 31.2 Å². The third-order valence-electron chi connectivity index (χ3n) is 4.16. The highest BCUT2D eigenvalue weighted by molar-refractivity contribution is 5.74. The number of halogens is 3. The molecule has 0 atom stereocenters. The molecule has 2 amide bonds. The molecule has 1 saturated carbocycles. The fraction of sp³-hybridized carbons (Fsp3) is 0.562. The van der Waals surface area contributed by atoms with Crippen LogP contribution in [0.2, 0.25) is 0 Å². The van der Waals surface area contributed by atoms with E-state index in [1.807, 2.05) is 0 Å². The van der Waals surface area contributed by atoms with Crippen molar-refractivity contribution in [2.75, 3.05) is 6.61 Å². The number of carbonyl (C=O) groups excluding carboxylic acids is 1. The summed E-state index contributed by atoms with van der Waals surface area (Å²) in [7, 11) is 0. The van der Waals surface area contributed by atoms with Gasteiger partial charge in [-0.3, -0.25) is 0 Å². The normalized spacial score (nSPS) is 20.7. The van der Waals surface area contributed by atoms with E-state index in [0.717, 1.165) is 31.7 Å². The highest BCUT2D eigenvalue weighted by Gasteiger charge is 2.22. The molecule has 0 unspecified atom stereocenters. The first-order valence-corrected chi connectivity index (χ1v) is 7.87. The summed E-state index contributed by atoms with van der Waals surface area (Å²) in [6.45, 7) is -3.17. The van der Waals surface area contributed by atoms with Crippen molar-refractivity contribution in [1.29, 1.82) is 0 Å². The minimum Gasteiger partial charge on any atom is -0.434 e. The van der Waals surface area contributed by atoms with Crippen LogP contribution in [0.15, 0.2) is 18.2 Å². The molecule has 3 N–H and O–H groups in total. The van der Waals surface area contributed by atoms with Crippen molar-refractivity contribution in [3.63, 3.8) is 0 Å². The van der Waals surface area contributed by atoms with E-state index in [1.54, 1.807) is 0 Å². The molecule has 0 heterocycles. The van der Waals surface area contributed by atoms with Gasteiger partial charge in [-0.15, -0.1) is 0 Å². The van der Waals surface area contributed by atoms with Crippen LogP contribution in [0.4, 0.5) is 18.0 Å². The monoisotopic (exact) mass is 346 g/mol. The number of nitrogens with one attached hydrogen (secondary N) is 2. The van der Waals surface area contributed by atoms with Gasteiger partial charge in [0.25, 0.3) is 0 Å². The Kier molecular flexibility index (Phi) is 6.72. The van der Waals surface area contributed by atoms with E-state index in [-0.39, 0.29) is 36.4 Å². The third-order valence-corrected chi connectivity index (χ3v) is 4.16. The van der Waals surface area contributed by atoms with E-state index in [2.05, 4.69) is 15.4 Å². The van der Waals surface area contributed by atoms with E-state index in [0.29, 0.717) is 0 Å². The minimum absolute atomic E-state index is 0.00907. The number of urea groups is 1. The Morgan fingerprint density at radius 2 is 2.00 bits per heavy atom. The van der Waals surface area contributed by atoms with Crippen molar-refractivity contribution in [3.05, 3.63) is 29.6 Å². The van der Waals surface area contributed by atoms with Gasteiger partial charge in [-0.2, -0.15) is 8.78 Å². The van der Waals surface area contributed by atoms with Crippen molar-refractivity contribution in [2.45, 2.75) is 44.9 Å². The summed E-state index contributed by atoms with van der Waals surface area (Å²) < 4.78 is 42.7. The number of benzene rings is 1. The van der Waals surface area contributed by atoms with Crippen molar-refractivity contribution >= 4 is 6.03 Å². The molecule has 0 saturated heterocycles. The first kappa shape index (κ1) is 18.4. The molecule has 1 aromatic rings. The second-order valence-electron chi connectivity index (χ2n) is 5.82. The largest absolute Gasteiger partial charge is 0.434 e. The van der Waals surface area contributed by atoms with Gasteiger partial charge in [-0.05, 0) is 43.7 Å². The fourth-order valence-corrected chi connectivity index (χ4v) is 2.81. The van der Waals surface area contributed by atoms with Crippen LogP contribution in [0, 0.1) is 11.7 Å². The number of amides is 2. The topological polar surface area (TPSA) is 70.6 Å². The SMILES string of the molecule is O=C(NCc1c(F)cccc1OC(F)F)NC1CCC(CO)CC1. The molecule has 1 aromatic carbocycles. The van der Waals surface area contributed by atoms with Crippen LogP contribution in [0.5, 0.6) is 5.75 Å². The molecular weight excluding hydrogens is 325 g/mol. The first-order chi connectivity index (χ1) is 11.5. The van der Waals surface area contributed by atoms with E-state index in [1.165, 1.54) is 12.1 Å². The lowest BCUT2D eigenvalue weighted by Crippen LogP contribution is -2.43. The highest BCUT2D eigenvalue weighted by atomic mass is 19.3. The fourth-order valence-electron chi connectivity index (χ4n) is 2.81. The predicted molar refractivity (Wildman–Crippen MR) is 81.2 cm³/mol. The van der Waals surface area contributed by atoms with Crippen molar-refractivity contribution < 1.29 is 27.8 Å². The molecule has 0 aromatic heterocycles. The quantitative estimate of drug-likeness (QED) is 0.742. The molecule has 2 rings (SSSR count). The van der Waals surface area contributed by atoms with Gasteiger partial charge in [0.05, 0.1) is 6.54 Å². The molecule has 0 spiro atoms. The summed E-state index contributed by atoms with van der Waals surface area (Å²) in [5.74, 6) is -0.746. The maximum absolute atomic E-state index is 13.8. The van der Waals surface area contributed by atoms with Crippen LogP contribution < -0.4 is 15.4 Å². The molecule has 0 radical (unpaired) electrons. The summed E-state index contributed by atoms with van der Waals surface area (Å²) in [5, 5.41) is 14.3. The summed E-state index contributed by atoms with van der Waals surface area (Å²) in [5.41, 5.74) is -0.128. The van der Waals surface area contributed by atoms with E-state index >= 15 is 0 Å². The van der Waals surface area contributed by atoms with Gasteiger partial charge in [-0.1, -0.05) is 6.07 Å². The summed E-state index contributed by atoms with van der Waals surface area (Å²) in [4.78, 5) is 11.9. The summed E-state index contributed by atoms with van der Waals surface area (Å²) >= 11 is 0. The maximum atomic E-state index is 13.8. The van der Waals surface area contributed by atoms with Gasteiger partial charge in [0.1, 0.15) is 11.6 Å². The lowest BCUT2D eigenvalue weighted by Gasteiger charge is -2.28. The van der Waals surface area contributed by atoms with Crippen molar-refractivity contribution in [3.8, 4) is 5.75 Å². The summed E-state index contributed by atoms with van der Waals surface area (Å²) in [6, 6.07) is 3.10. The second kappa shape index (κ2) is 8.77. The van der Waals surface area contributed by atoms with Crippen LogP contribution in [-0.4, -0.2) is 30.4 Å². The predicted octanol–water partition coefficient (Wildman–Crippen LogP) is 2.78. The van der Waals surface area contributed by atoms with Crippen LogP contribution in [0.3, 0.4) is 0 Å². The number of rotatable bonds is 6. The van der Waals surface area contributed by atoms with Crippen LogP contribution >= 0.6 is 0 Å². The molecule has 1 aliphatic carbocycles. The number of hydrogen-bond acceptors (Lipinski definition) is 3. The molecular formula is C16H21F3N2O3. The molecule has 1 aliphatic rings. The van der Waals surface area contributed by atoms with Gasteiger partial charge in [0.15, 0.2) is 0 Å². The highest BCUT2D eigenvalue weighted by Crippen LogP contribution is 2.24. The average molecular weight is 346 g/mol. The number of alkyl halides is 2. The molecule has 0 bridgehead atoms. The van der Waals surface area contributed by atoms with Crippen LogP contribution in [-0.2, 0) is 6.54 Å². The van der Waals surface area contributed by atoms with Gasteiger partial charge in [-0.25, -0.2) is 9.18 Å². The number of aliphatic hydroxyl groups excluding tert-OH is 1. The van der Waals surface area contributed by atoms with Crippen molar-refractivity contribution in [2.24, 2.45) is 5.92 Å². The Hall–Kier alpha value is -1.96. The number of carbonyl (C=O) groups is 1. The van der Waals surface area contributed by atoms with Gasteiger partial charge >= 0.3 is 12.6 Å². The Balaban J connectivity index is 1.86. The smallest absolute Gasteiger partial charge is 0.387 e. The number of aliphatic hydroxyl groups is 1. The lowest BCUT2D eigenvalue weighted by atomic mass is 9.87. The molecule has 1 fully saturated rings. The molecule has 24 heavy (non-hydrogen) atoms. The Morgan fingerprint density at radius 3 is 2.62 bits per heavy atom. The zero-order chi connectivity index (χ0) is 17.5. The molecule has 0 aliphatic heterocycles. The first-order valence-electron chi connectivity index (χ1n) is 7.87. The zero-order valence-corrected chi connectivity index (χ0v) is 13.1. The lowest BCUT2D eigenvalue weighted by molar-refractivity contribution is -0.0506.